The van der Waals surface area contributed by atoms with Crippen molar-refractivity contribution in [1.82, 2.24) is 0 Å². The maximum absolute atomic E-state index is 3.98. The van der Waals surface area contributed by atoms with Gasteiger partial charge in [-0.15, -0.1) is 0 Å². The van der Waals surface area contributed by atoms with E-state index in [1.807, 2.05) is 12.2 Å². The number of benzene rings is 2. The van der Waals surface area contributed by atoms with Crippen molar-refractivity contribution >= 4 is 11.3 Å². The molecule has 0 saturated heterocycles. The van der Waals surface area contributed by atoms with Crippen LogP contribution >= 0.6 is 0 Å². The third kappa shape index (κ3) is 5.46. The Balaban J connectivity index is 2.44. The average Bonchev–Trinajstić information content (AvgIpc) is 2.66. The van der Waals surface area contributed by atoms with Crippen LogP contribution in [0.5, 0.6) is 0 Å². The van der Waals surface area contributed by atoms with Gasteiger partial charge in [-0.3, -0.25) is 0 Å². The Morgan fingerprint density at radius 1 is 0.852 bits per heavy atom. The Hall–Kier alpha value is -3.06. The van der Waals surface area contributed by atoms with Gasteiger partial charge >= 0.3 is 0 Å². The Morgan fingerprint density at radius 3 is 2.15 bits per heavy atom. The summed E-state index contributed by atoms with van der Waals surface area (Å²) in [5, 5.41) is 0. The Labute approximate surface area is 164 Å². The van der Waals surface area contributed by atoms with Crippen LogP contribution in [0.3, 0.4) is 0 Å². The van der Waals surface area contributed by atoms with E-state index in [9.17, 15) is 0 Å². The van der Waals surface area contributed by atoms with Gasteiger partial charge < -0.3 is 4.90 Å². The molecular formula is C26H29N. The van der Waals surface area contributed by atoms with Crippen LogP contribution in [0, 0.1) is 13.8 Å². The fourth-order valence-corrected chi connectivity index (χ4v) is 2.91. The predicted octanol–water partition coefficient (Wildman–Crippen LogP) is 7.37. The minimum Gasteiger partial charge on any atom is -0.315 e. The first-order valence-corrected chi connectivity index (χ1v) is 9.20. The topological polar surface area (TPSA) is 3.24 Å². The van der Waals surface area contributed by atoms with Gasteiger partial charge in [-0.05, 0) is 74.8 Å². The monoisotopic (exact) mass is 355 g/mol. The first-order chi connectivity index (χ1) is 13.0. The van der Waals surface area contributed by atoms with Crippen molar-refractivity contribution in [2.75, 3.05) is 4.90 Å². The summed E-state index contributed by atoms with van der Waals surface area (Å²) in [4.78, 5) is 2.20. The highest BCUT2D eigenvalue weighted by molar-refractivity contribution is 5.67. The van der Waals surface area contributed by atoms with Gasteiger partial charge in [0.2, 0.25) is 0 Å². The largest absolute Gasteiger partial charge is 0.315 e. The van der Waals surface area contributed by atoms with E-state index >= 15 is 0 Å². The molecule has 0 radical (unpaired) electrons. The van der Waals surface area contributed by atoms with Crippen LogP contribution in [0.4, 0.5) is 5.69 Å². The van der Waals surface area contributed by atoms with Crippen molar-refractivity contribution in [3.63, 3.8) is 0 Å². The third-order valence-electron chi connectivity index (χ3n) is 4.45. The highest BCUT2D eigenvalue weighted by Gasteiger charge is 2.11. The van der Waals surface area contributed by atoms with Crippen molar-refractivity contribution in [1.29, 1.82) is 0 Å². The average molecular weight is 356 g/mol. The summed E-state index contributed by atoms with van der Waals surface area (Å²) in [6.45, 7) is 16.3. The molecule has 2 aromatic carbocycles. The van der Waals surface area contributed by atoms with Gasteiger partial charge in [0.05, 0.1) is 0 Å². The Bertz CT molecular complexity index is 892. The molecule has 0 atom stereocenters. The number of nitrogens with zero attached hydrogens (tertiary/aromatic N) is 1. The van der Waals surface area contributed by atoms with Crippen molar-refractivity contribution in [3.05, 3.63) is 120 Å². The summed E-state index contributed by atoms with van der Waals surface area (Å²) in [6.07, 6.45) is 9.94. The number of hydrogen-bond donors (Lipinski definition) is 0. The lowest BCUT2D eigenvalue weighted by molar-refractivity contribution is 1.10. The van der Waals surface area contributed by atoms with E-state index in [-0.39, 0.29) is 0 Å². The molecule has 0 heterocycles. The van der Waals surface area contributed by atoms with Crippen LogP contribution in [0.1, 0.15) is 30.5 Å². The SMILES string of the molecule is C=C/C=C(\C=C)N(/C(C)=C/C=C(\C)c1ccc(C)cc1)c1cccc(C)c1. The molecule has 0 fully saturated rings. The fraction of sp³-hybridized carbons (Fsp3) is 0.154. The molecule has 0 aromatic heterocycles. The highest BCUT2D eigenvalue weighted by atomic mass is 15.1. The number of anilines is 1. The molecule has 0 amide bonds. The van der Waals surface area contributed by atoms with Gasteiger partial charge in [-0.25, -0.2) is 0 Å². The summed E-state index contributed by atoms with van der Waals surface area (Å²) in [5.74, 6) is 0. The molecule has 0 aliphatic heterocycles. The lowest BCUT2D eigenvalue weighted by atomic mass is 10.1. The molecule has 1 nitrogen and oxygen atoms in total. The minimum atomic E-state index is 0.991. The predicted molar refractivity (Wildman–Crippen MR) is 121 cm³/mol. The van der Waals surface area contributed by atoms with Gasteiger partial charge in [0.15, 0.2) is 0 Å². The second-order valence-corrected chi connectivity index (χ2v) is 6.73. The normalized spacial score (nSPS) is 12.7. The molecule has 0 aliphatic carbocycles. The molecule has 0 bridgehead atoms. The zero-order chi connectivity index (χ0) is 19.8. The van der Waals surface area contributed by atoms with E-state index in [1.165, 1.54) is 22.3 Å². The Kier molecular flexibility index (Phi) is 7.19. The summed E-state index contributed by atoms with van der Waals surface area (Å²) in [7, 11) is 0. The molecule has 2 aromatic rings. The lowest BCUT2D eigenvalue weighted by Crippen LogP contribution is -2.19. The van der Waals surface area contributed by atoms with E-state index in [1.54, 1.807) is 6.08 Å². The molecule has 1 heteroatoms. The standard InChI is InChI=1S/C26H29N/c1-7-10-25(8-2)27(26-12-9-11-21(4)19-26)23(6)16-15-22(5)24-17-13-20(3)14-18-24/h7-19H,1-2H2,3-6H3/b22-15+,23-16+,25-10+. The van der Waals surface area contributed by atoms with Crippen LogP contribution in [0.25, 0.3) is 5.57 Å². The van der Waals surface area contributed by atoms with Gasteiger partial charge in [-0.2, -0.15) is 0 Å². The van der Waals surface area contributed by atoms with Gasteiger partial charge in [-0.1, -0.05) is 67.3 Å². The number of hydrogen-bond acceptors (Lipinski definition) is 1. The maximum Gasteiger partial charge on any atom is 0.0460 e. The van der Waals surface area contributed by atoms with Gasteiger partial charge in [0.1, 0.15) is 0 Å². The molecule has 0 unspecified atom stereocenters. The third-order valence-corrected chi connectivity index (χ3v) is 4.45. The van der Waals surface area contributed by atoms with Crippen molar-refractivity contribution in [2.24, 2.45) is 0 Å². The second kappa shape index (κ2) is 9.59. The molecule has 27 heavy (non-hydrogen) atoms. The van der Waals surface area contributed by atoms with Crippen molar-refractivity contribution in [2.45, 2.75) is 27.7 Å². The highest BCUT2D eigenvalue weighted by Crippen LogP contribution is 2.26. The fourth-order valence-electron chi connectivity index (χ4n) is 2.91. The molecule has 0 saturated carbocycles. The number of aryl methyl sites for hydroxylation is 2. The zero-order valence-corrected chi connectivity index (χ0v) is 16.9. The lowest BCUT2D eigenvalue weighted by Gasteiger charge is -2.27. The van der Waals surface area contributed by atoms with Crippen LogP contribution < -0.4 is 4.90 Å². The van der Waals surface area contributed by atoms with E-state index in [4.69, 9.17) is 0 Å². The summed E-state index contributed by atoms with van der Waals surface area (Å²) in [5.41, 5.74) is 8.17. The van der Waals surface area contributed by atoms with Crippen LogP contribution in [-0.2, 0) is 0 Å². The molecule has 138 valence electrons. The maximum atomic E-state index is 3.98. The van der Waals surface area contributed by atoms with E-state index in [0.717, 1.165) is 17.1 Å². The van der Waals surface area contributed by atoms with Crippen LogP contribution in [-0.4, -0.2) is 0 Å². The first kappa shape index (κ1) is 20.3. The zero-order valence-electron chi connectivity index (χ0n) is 16.9. The molecule has 2 rings (SSSR count). The summed E-state index contributed by atoms with van der Waals surface area (Å²) < 4.78 is 0. The smallest absolute Gasteiger partial charge is 0.0460 e. The van der Waals surface area contributed by atoms with Gasteiger partial charge in [0.25, 0.3) is 0 Å². The van der Waals surface area contributed by atoms with Crippen molar-refractivity contribution < 1.29 is 0 Å². The quantitative estimate of drug-likeness (QED) is 0.468. The number of rotatable bonds is 7. The Morgan fingerprint density at radius 2 is 1.56 bits per heavy atom. The molecule has 0 N–H and O–H groups in total. The second-order valence-electron chi connectivity index (χ2n) is 6.73. The van der Waals surface area contributed by atoms with E-state index in [2.05, 4.69) is 106 Å². The summed E-state index contributed by atoms with van der Waals surface area (Å²) in [6, 6.07) is 17.1. The van der Waals surface area contributed by atoms with Crippen LogP contribution in [0.2, 0.25) is 0 Å². The molecular weight excluding hydrogens is 326 g/mol. The molecule has 0 spiro atoms. The summed E-state index contributed by atoms with van der Waals surface area (Å²) >= 11 is 0. The van der Waals surface area contributed by atoms with Crippen molar-refractivity contribution in [3.8, 4) is 0 Å². The van der Waals surface area contributed by atoms with E-state index in [0.29, 0.717) is 0 Å². The van der Waals surface area contributed by atoms with Gasteiger partial charge in [0, 0.05) is 17.1 Å². The van der Waals surface area contributed by atoms with E-state index < -0.39 is 0 Å². The number of allylic oxidation sites excluding steroid dienone is 7. The first-order valence-electron chi connectivity index (χ1n) is 9.20. The minimum absolute atomic E-state index is 0.991. The van der Waals surface area contributed by atoms with Crippen LogP contribution in [0.15, 0.2) is 103 Å². The molecule has 0 aliphatic rings.